The van der Waals surface area contributed by atoms with Gasteiger partial charge < -0.3 is 5.40 Å². The van der Waals surface area contributed by atoms with Crippen LogP contribution in [0.4, 0.5) is 0 Å². The minimum Gasteiger partial charge on any atom is -0.356 e. The summed E-state index contributed by atoms with van der Waals surface area (Å²) in [5.41, 5.74) is 0. The lowest BCUT2D eigenvalue weighted by Gasteiger charge is -1.97. The Labute approximate surface area is 67.3 Å². The average Bonchev–Trinajstić information content (AvgIpc) is 1.97. The van der Waals surface area contributed by atoms with Crippen LogP contribution < -0.4 is 5.40 Å². The fourth-order valence-electron chi connectivity index (χ4n) is 1.10. The highest BCUT2D eigenvalue weighted by Crippen LogP contribution is 2.05. The number of unbranched alkanes of at least 4 members (excludes halogenated alkanes) is 5. The normalized spacial score (nSPS) is 11.4. The molecule has 0 unspecified atom stereocenters. The minimum absolute atomic E-state index is 0.125. The lowest BCUT2D eigenvalue weighted by atomic mass is 10.1. The molecule has 2 heteroatoms. The summed E-state index contributed by atoms with van der Waals surface area (Å²) in [6.07, 6.45) is 8.45. The molecule has 0 fully saturated rings. The van der Waals surface area contributed by atoms with Crippen molar-refractivity contribution in [2.24, 2.45) is 5.40 Å². The third kappa shape index (κ3) is 8.18. The summed E-state index contributed by atoms with van der Waals surface area (Å²) >= 11 is 0. The zero-order chi connectivity index (χ0) is 7.66. The molecule has 0 saturated heterocycles. The first-order valence-corrected chi connectivity index (χ1v) is 6.43. The van der Waals surface area contributed by atoms with Crippen LogP contribution in [0.3, 0.4) is 0 Å². The first-order valence-electron chi connectivity index (χ1n) is 4.62. The lowest BCUT2D eigenvalue weighted by molar-refractivity contribution is 0.624. The Bertz CT molecular complexity index is 49.2. The molecule has 0 heterocycles. The Kier molecular flexibility index (Phi) is 9.34. The molecule has 0 saturated carbocycles. The summed E-state index contributed by atoms with van der Waals surface area (Å²) in [5, 5.41) is 5.51. The van der Waals surface area contributed by atoms with Crippen LogP contribution in [-0.2, 0) is 0 Å². The molecular weight excluding hydrogens is 138 g/mol. The first kappa shape index (κ1) is 10.2. The Hall–Kier alpha value is 0.177. The van der Waals surface area contributed by atoms with Crippen molar-refractivity contribution in [3.63, 3.8) is 0 Å². The topological polar surface area (TPSA) is 26.0 Å². The van der Waals surface area contributed by atoms with Crippen LogP contribution in [0.15, 0.2) is 0 Å². The predicted octanol–water partition coefficient (Wildman–Crippen LogP) is 1.81. The molecule has 0 bridgehead atoms. The second-order valence-electron chi connectivity index (χ2n) is 2.91. The van der Waals surface area contributed by atoms with E-state index < -0.39 is 0 Å². The van der Waals surface area contributed by atoms with Crippen molar-refractivity contribution in [1.29, 1.82) is 0 Å². The van der Waals surface area contributed by atoms with Crippen LogP contribution in [-0.4, -0.2) is 9.68 Å². The van der Waals surface area contributed by atoms with Gasteiger partial charge in [-0.1, -0.05) is 51.5 Å². The van der Waals surface area contributed by atoms with Crippen molar-refractivity contribution < 1.29 is 0 Å². The summed E-state index contributed by atoms with van der Waals surface area (Å²) in [5.74, 6) is 0. The van der Waals surface area contributed by atoms with Crippen LogP contribution in [0.5, 0.6) is 0 Å². The standard InChI is InChI=1S/C8H21NSi/c1-2-3-4-5-6-7-8-10-9/h2-10H2,1H3. The van der Waals surface area contributed by atoms with Gasteiger partial charge in [-0.3, -0.25) is 0 Å². The Balaban J connectivity index is 2.65. The number of rotatable bonds is 7. The highest BCUT2D eigenvalue weighted by Gasteiger charge is 1.88. The first-order chi connectivity index (χ1) is 4.91. The molecule has 0 aromatic carbocycles. The molecule has 10 heavy (non-hydrogen) atoms. The van der Waals surface area contributed by atoms with E-state index >= 15 is 0 Å². The zero-order valence-electron chi connectivity index (χ0n) is 7.23. The monoisotopic (exact) mass is 159 g/mol. The van der Waals surface area contributed by atoms with Gasteiger partial charge in [-0.15, -0.1) is 0 Å². The molecule has 0 aliphatic heterocycles. The molecule has 0 radical (unpaired) electrons. The predicted molar refractivity (Wildman–Crippen MR) is 50.9 cm³/mol. The van der Waals surface area contributed by atoms with Crippen molar-refractivity contribution in [3.05, 3.63) is 0 Å². The molecule has 0 aromatic rings. The summed E-state index contributed by atoms with van der Waals surface area (Å²) in [6, 6.07) is 1.35. The van der Waals surface area contributed by atoms with Gasteiger partial charge in [0.25, 0.3) is 0 Å². The van der Waals surface area contributed by atoms with Gasteiger partial charge in [0.2, 0.25) is 0 Å². The largest absolute Gasteiger partial charge is 0.356 e. The van der Waals surface area contributed by atoms with E-state index in [0.29, 0.717) is 0 Å². The highest BCUT2D eigenvalue weighted by atomic mass is 28.2. The fourth-order valence-corrected chi connectivity index (χ4v) is 1.74. The molecule has 0 amide bonds. The zero-order valence-corrected chi connectivity index (χ0v) is 8.65. The number of hydrogen-bond acceptors (Lipinski definition) is 1. The second kappa shape index (κ2) is 9.18. The van der Waals surface area contributed by atoms with Gasteiger partial charge in [-0.25, -0.2) is 0 Å². The van der Waals surface area contributed by atoms with E-state index in [9.17, 15) is 0 Å². The SMILES string of the molecule is CCCCCCCC[SiH2]N. The van der Waals surface area contributed by atoms with E-state index in [4.69, 9.17) is 5.40 Å². The van der Waals surface area contributed by atoms with Gasteiger partial charge in [-0.05, 0) is 0 Å². The van der Waals surface area contributed by atoms with Gasteiger partial charge >= 0.3 is 0 Å². The van der Waals surface area contributed by atoms with Crippen molar-refractivity contribution in [1.82, 2.24) is 0 Å². The highest BCUT2D eigenvalue weighted by molar-refractivity contribution is 6.30. The Morgan fingerprint density at radius 2 is 1.60 bits per heavy atom. The molecule has 2 N–H and O–H groups in total. The van der Waals surface area contributed by atoms with Crippen LogP contribution >= 0.6 is 0 Å². The fraction of sp³-hybridized carbons (Fsp3) is 1.00. The molecule has 62 valence electrons. The maximum Gasteiger partial charge on any atom is 0.0887 e. The average molecular weight is 159 g/mol. The second-order valence-corrected chi connectivity index (χ2v) is 4.19. The summed E-state index contributed by atoms with van der Waals surface area (Å²) < 4.78 is 0. The van der Waals surface area contributed by atoms with Gasteiger partial charge in [-0.2, -0.15) is 0 Å². The molecule has 0 rings (SSSR count). The van der Waals surface area contributed by atoms with Crippen molar-refractivity contribution in [2.45, 2.75) is 51.5 Å². The van der Waals surface area contributed by atoms with Crippen molar-refractivity contribution in [2.75, 3.05) is 0 Å². The molecule has 1 nitrogen and oxygen atoms in total. The molecule has 0 atom stereocenters. The van der Waals surface area contributed by atoms with Crippen LogP contribution in [0.1, 0.15) is 45.4 Å². The number of nitrogens with two attached hydrogens (primary N) is 1. The molecular formula is C8H21NSi. The molecule has 0 aliphatic carbocycles. The minimum atomic E-state index is -0.125. The van der Waals surface area contributed by atoms with E-state index in [1.54, 1.807) is 0 Å². The Morgan fingerprint density at radius 3 is 2.20 bits per heavy atom. The maximum atomic E-state index is 5.51. The Morgan fingerprint density at radius 1 is 1.00 bits per heavy atom. The quantitative estimate of drug-likeness (QED) is 0.445. The van der Waals surface area contributed by atoms with E-state index in [-0.39, 0.29) is 9.68 Å². The summed E-state index contributed by atoms with van der Waals surface area (Å²) in [6.45, 7) is 2.26. The van der Waals surface area contributed by atoms with E-state index in [0.717, 1.165) is 0 Å². The third-order valence-electron chi connectivity index (χ3n) is 1.81. The maximum absolute atomic E-state index is 5.51. The molecule has 0 spiro atoms. The van der Waals surface area contributed by atoms with Gasteiger partial charge in [0.15, 0.2) is 0 Å². The molecule has 0 aromatic heterocycles. The van der Waals surface area contributed by atoms with Crippen LogP contribution in [0.25, 0.3) is 0 Å². The van der Waals surface area contributed by atoms with E-state index in [1.807, 2.05) is 0 Å². The van der Waals surface area contributed by atoms with Gasteiger partial charge in [0.1, 0.15) is 0 Å². The smallest absolute Gasteiger partial charge is 0.0887 e. The van der Waals surface area contributed by atoms with Gasteiger partial charge in [0, 0.05) is 0 Å². The lowest BCUT2D eigenvalue weighted by Crippen LogP contribution is -2.02. The van der Waals surface area contributed by atoms with Crippen molar-refractivity contribution >= 4 is 9.68 Å². The summed E-state index contributed by atoms with van der Waals surface area (Å²) in [4.78, 5) is 0. The van der Waals surface area contributed by atoms with Crippen LogP contribution in [0.2, 0.25) is 6.04 Å². The van der Waals surface area contributed by atoms with E-state index in [2.05, 4.69) is 6.92 Å². The van der Waals surface area contributed by atoms with Gasteiger partial charge in [0.05, 0.1) is 9.68 Å². The number of hydrogen-bond donors (Lipinski definition) is 1. The third-order valence-corrected chi connectivity index (χ3v) is 2.72. The molecule has 0 aliphatic rings. The van der Waals surface area contributed by atoms with Crippen molar-refractivity contribution in [3.8, 4) is 0 Å². The van der Waals surface area contributed by atoms with E-state index in [1.165, 1.54) is 44.6 Å². The summed E-state index contributed by atoms with van der Waals surface area (Å²) in [7, 11) is -0.125. The van der Waals surface area contributed by atoms with Crippen LogP contribution in [0, 0.1) is 0 Å².